The molecule has 1 aliphatic heterocycles. The number of carbonyl (C=O) groups is 2. The van der Waals surface area contributed by atoms with Crippen molar-refractivity contribution in [3.05, 3.63) is 98.4 Å². The Hall–Kier alpha value is -3.35. The lowest BCUT2D eigenvalue weighted by molar-refractivity contribution is -0.138. The van der Waals surface area contributed by atoms with Gasteiger partial charge in [0.05, 0.1) is 30.3 Å². The molecule has 2 aromatic carbocycles. The summed E-state index contributed by atoms with van der Waals surface area (Å²) >= 11 is 12.6. The maximum Gasteiger partial charge on any atom is 0.336 e. The summed E-state index contributed by atoms with van der Waals surface area (Å²) in [5.41, 5.74) is 5.63. The van der Waals surface area contributed by atoms with E-state index in [0.29, 0.717) is 52.0 Å². The molecule has 0 fully saturated rings. The normalized spacial score (nSPS) is 18.6. The van der Waals surface area contributed by atoms with E-state index in [1.165, 1.54) is 0 Å². The highest BCUT2D eigenvalue weighted by atomic mass is 35.5. The number of aromatic nitrogens is 2. The second-order valence-electron chi connectivity index (χ2n) is 10.9. The lowest BCUT2D eigenvalue weighted by Crippen LogP contribution is -2.38. The van der Waals surface area contributed by atoms with Crippen LogP contribution in [-0.2, 0) is 20.9 Å². The zero-order valence-corrected chi connectivity index (χ0v) is 24.0. The smallest absolute Gasteiger partial charge is 0.336 e. The topological polar surface area (TPSA) is 73.2 Å². The number of nitrogens with zero attached hydrogens (tertiary/aromatic N) is 2. The van der Waals surface area contributed by atoms with E-state index in [4.69, 9.17) is 33.0 Å². The second-order valence-corrected chi connectivity index (χ2v) is 11.7. The molecule has 2 heterocycles. The molecule has 0 spiro atoms. The van der Waals surface area contributed by atoms with Crippen LogP contribution in [0.2, 0.25) is 10.0 Å². The Labute approximate surface area is 238 Å². The predicted molar refractivity (Wildman–Crippen MR) is 153 cm³/mol. The summed E-state index contributed by atoms with van der Waals surface area (Å²) in [4.78, 5) is 27.2. The molecular formula is C31H31Cl2N3O3. The van der Waals surface area contributed by atoms with Gasteiger partial charge in [0, 0.05) is 50.8 Å². The van der Waals surface area contributed by atoms with Gasteiger partial charge in [0.15, 0.2) is 5.78 Å². The molecule has 0 saturated heterocycles. The molecular weight excluding hydrogens is 533 g/mol. The van der Waals surface area contributed by atoms with Gasteiger partial charge in [0.25, 0.3) is 0 Å². The fourth-order valence-electron chi connectivity index (χ4n) is 5.60. The van der Waals surface area contributed by atoms with Gasteiger partial charge in [-0.1, -0.05) is 73.4 Å². The number of ketones is 1. The summed E-state index contributed by atoms with van der Waals surface area (Å²) in [6.45, 7) is 8.46. The molecule has 0 radical (unpaired) electrons. The van der Waals surface area contributed by atoms with Gasteiger partial charge < -0.3 is 10.1 Å². The number of benzene rings is 2. The standard InChI is InChI=1S/C31H31Cl2N3O3/c1-5-39-30(38)26-18(2)34-24-14-31(3,4)15-25(37)28(24)27(26)22-17-36(16-20-11-12-21(32)13-23(20)33)35-29(22)19-9-7-6-8-10-19/h6-13,17,27,34H,5,14-16H2,1-4H3/t27-/m1/s1. The summed E-state index contributed by atoms with van der Waals surface area (Å²) in [5.74, 6) is -1.03. The van der Waals surface area contributed by atoms with E-state index in [1.54, 1.807) is 19.1 Å². The summed E-state index contributed by atoms with van der Waals surface area (Å²) in [6.07, 6.45) is 3.02. The molecule has 1 N–H and O–H groups in total. The average Bonchev–Trinajstić information content (AvgIpc) is 3.28. The first-order chi connectivity index (χ1) is 18.6. The molecule has 0 bridgehead atoms. The number of Topliss-reactive ketones (excluding diaryl/α,β-unsaturated/α-hetero) is 1. The van der Waals surface area contributed by atoms with Crippen molar-refractivity contribution >= 4 is 35.0 Å². The first-order valence-corrected chi connectivity index (χ1v) is 13.8. The lowest BCUT2D eigenvalue weighted by atomic mass is 9.68. The molecule has 0 amide bonds. The van der Waals surface area contributed by atoms with E-state index < -0.39 is 11.9 Å². The van der Waals surface area contributed by atoms with Crippen molar-refractivity contribution in [2.75, 3.05) is 6.61 Å². The van der Waals surface area contributed by atoms with E-state index in [-0.39, 0.29) is 17.8 Å². The summed E-state index contributed by atoms with van der Waals surface area (Å²) < 4.78 is 7.32. The van der Waals surface area contributed by atoms with Crippen molar-refractivity contribution < 1.29 is 14.3 Å². The zero-order chi connectivity index (χ0) is 27.9. The van der Waals surface area contributed by atoms with Crippen molar-refractivity contribution in [1.82, 2.24) is 15.1 Å². The summed E-state index contributed by atoms with van der Waals surface area (Å²) in [6, 6.07) is 15.2. The number of ether oxygens (including phenoxy) is 1. The van der Waals surface area contributed by atoms with Gasteiger partial charge in [-0.05, 0) is 43.4 Å². The monoisotopic (exact) mass is 563 g/mol. The third-order valence-electron chi connectivity index (χ3n) is 7.23. The Morgan fingerprint density at radius 3 is 2.59 bits per heavy atom. The van der Waals surface area contributed by atoms with Crippen molar-refractivity contribution in [2.45, 2.75) is 53.0 Å². The third-order valence-corrected chi connectivity index (χ3v) is 7.82. The highest BCUT2D eigenvalue weighted by Crippen LogP contribution is 2.48. The van der Waals surface area contributed by atoms with Crippen molar-refractivity contribution in [3.63, 3.8) is 0 Å². The summed E-state index contributed by atoms with van der Waals surface area (Å²) in [5, 5.41) is 9.46. The molecule has 202 valence electrons. The van der Waals surface area contributed by atoms with Crippen LogP contribution < -0.4 is 5.32 Å². The van der Waals surface area contributed by atoms with Gasteiger partial charge in [-0.25, -0.2) is 4.79 Å². The number of carbonyl (C=O) groups excluding carboxylic acids is 2. The largest absolute Gasteiger partial charge is 0.463 e. The Morgan fingerprint density at radius 1 is 1.15 bits per heavy atom. The molecule has 3 aromatic rings. The SMILES string of the molecule is CCOC(=O)C1=C(C)NC2=C(C(=O)CC(C)(C)C2)[C@@H]1c1cn(Cc2ccc(Cl)cc2Cl)nc1-c1ccccc1. The number of hydrogen-bond donors (Lipinski definition) is 1. The molecule has 1 aliphatic carbocycles. The molecule has 5 rings (SSSR count). The van der Waals surface area contributed by atoms with E-state index in [0.717, 1.165) is 22.4 Å². The quantitative estimate of drug-likeness (QED) is 0.324. The van der Waals surface area contributed by atoms with Crippen LogP contribution in [0, 0.1) is 5.41 Å². The number of nitrogens with one attached hydrogen (secondary N) is 1. The van der Waals surface area contributed by atoms with Crippen molar-refractivity contribution in [2.24, 2.45) is 5.41 Å². The maximum absolute atomic E-state index is 13.8. The zero-order valence-electron chi connectivity index (χ0n) is 22.5. The first kappa shape index (κ1) is 27.2. The van der Waals surface area contributed by atoms with Gasteiger partial charge in [-0.2, -0.15) is 5.10 Å². The Bertz CT molecular complexity index is 1520. The number of allylic oxidation sites excluding steroid dienone is 3. The summed E-state index contributed by atoms with van der Waals surface area (Å²) in [7, 11) is 0. The fourth-order valence-corrected chi connectivity index (χ4v) is 6.07. The molecule has 0 unspecified atom stereocenters. The van der Waals surface area contributed by atoms with Crippen LogP contribution in [-0.4, -0.2) is 28.1 Å². The number of dihydropyridines is 1. The third kappa shape index (κ3) is 5.41. The van der Waals surface area contributed by atoms with Gasteiger partial charge >= 0.3 is 5.97 Å². The molecule has 6 nitrogen and oxygen atoms in total. The number of halogens is 2. The lowest BCUT2D eigenvalue weighted by Gasteiger charge is -2.39. The fraction of sp³-hybridized carbons (Fsp3) is 0.323. The predicted octanol–water partition coefficient (Wildman–Crippen LogP) is 7.07. The molecule has 2 aliphatic rings. The molecule has 0 saturated carbocycles. The van der Waals surface area contributed by atoms with Crippen molar-refractivity contribution in [3.8, 4) is 11.3 Å². The Balaban J connectivity index is 1.72. The van der Waals surface area contributed by atoms with Crippen LogP contribution in [0.1, 0.15) is 57.6 Å². The number of hydrogen-bond acceptors (Lipinski definition) is 5. The highest BCUT2D eigenvalue weighted by Gasteiger charge is 2.44. The average molecular weight is 565 g/mol. The minimum atomic E-state index is -0.617. The highest BCUT2D eigenvalue weighted by molar-refractivity contribution is 6.35. The maximum atomic E-state index is 13.8. The van der Waals surface area contributed by atoms with E-state index >= 15 is 0 Å². The van der Waals surface area contributed by atoms with Crippen LogP contribution >= 0.6 is 23.2 Å². The van der Waals surface area contributed by atoms with Crippen molar-refractivity contribution in [1.29, 1.82) is 0 Å². The van der Waals surface area contributed by atoms with Gasteiger partial charge in [0.2, 0.25) is 0 Å². The van der Waals surface area contributed by atoms with E-state index in [9.17, 15) is 9.59 Å². The van der Waals surface area contributed by atoms with Gasteiger partial charge in [-0.3, -0.25) is 9.48 Å². The molecule has 8 heteroatoms. The Kier molecular flexibility index (Phi) is 7.45. The van der Waals surface area contributed by atoms with Crippen LogP contribution in [0.25, 0.3) is 11.3 Å². The van der Waals surface area contributed by atoms with Crippen LogP contribution in [0.3, 0.4) is 0 Å². The first-order valence-electron chi connectivity index (χ1n) is 13.1. The second kappa shape index (κ2) is 10.7. The van der Waals surface area contributed by atoms with Crippen LogP contribution in [0.4, 0.5) is 0 Å². The van der Waals surface area contributed by atoms with Crippen LogP contribution in [0.15, 0.2) is 77.3 Å². The van der Waals surface area contributed by atoms with Gasteiger partial charge in [0.1, 0.15) is 0 Å². The molecule has 39 heavy (non-hydrogen) atoms. The molecule has 1 aromatic heterocycles. The van der Waals surface area contributed by atoms with E-state index in [1.807, 2.05) is 54.2 Å². The minimum absolute atomic E-state index is 0.0283. The van der Waals surface area contributed by atoms with Crippen LogP contribution in [0.5, 0.6) is 0 Å². The number of esters is 1. The molecule has 1 atom stereocenters. The van der Waals surface area contributed by atoms with Gasteiger partial charge in [-0.15, -0.1) is 0 Å². The minimum Gasteiger partial charge on any atom is -0.463 e. The Morgan fingerprint density at radius 2 is 1.90 bits per heavy atom. The van der Waals surface area contributed by atoms with E-state index in [2.05, 4.69) is 19.2 Å². The number of rotatable bonds is 6.